The monoisotopic (exact) mass is 579 g/mol. The van der Waals surface area contributed by atoms with Gasteiger partial charge >= 0.3 is 0 Å². The molecule has 8 rings (SSSR count). The van der Waals surface area contributed by atoms with Gasteiger partial charge in [-0.2, -0.15) is 0 Å². The summed E-state index contributed by atoms with van der Waals surface area (Å²) < 4.78 is 10.5. The molecule has 3 aromatic heterocycles. The van der Waals surface area contributed by atoms with Gasteiger partial charge in [-0.15, -0.1) is 0 Å². The molecule has 0 spiro atoms. The third kappa shape index (κ3) is 4.25. The van der Waals surface area contributed by atoms with Crippen molar-refractivity contribution in [2.24, 2.45) is 23.5 Å². The first-order valence-electron chi connectivity index (χ1n) is 15.4. The van der Waals surface area contributed by atoms with Gasteiger partial charge in [0.05, 0.1) is 18.3 Å². The van der Waals surface area contributed by atoms with E-state index in [0.29, 0.717) is 49.3 Å². The van der Waals surface area contributed by atoms with Crippen molar-refractivity contribution >= 4 is 33.9 Å². The van der Waals surface area contributed by atoms with Crippen LogP contribution >= 0.6 is 0 Å². The second kappa shape index (κ2) is 9.94. The molecule has 5 heterocycles. The maximum Gasteiger partial charge on any atom is 0.254 e. The van der Waals surface area contributed by atoms with Crippen LogP contribution in [0.2, 0.25) is 0 Å². The Balaban J connectivity index is 1.25. The number of methoxy groups -OCH3 is 1. The summed E-state index contributed by atoms with van der Waals surface area (Å²) in [6.07, 6.45) is 7.71. The molecule has 2 N–H and O–H groups in total. The number of rotatable bonds is 8. The topological polar surface area (TPSA) is 112 Å². The number of nitrogens with zero attached hydrogens (tertiary/aromatic N) is 6. The highest BCUT2D eigenvalue weighted by molar-refractivity contribution is 6.00. The lowest BCUT2D eigenvalue weighted by atomic mass is 9.99. The fraction of sp³-hybridized carbons (Fsp3) is 0.455. The van der Waals surface area contributed by atoms with E-state index in [1.165, 1.54) is 18.9 Å². The van der Waals surface area contributed by atoms with Gasteiger partial charge in [-0.05, 0) is 73.9 Å². The molecule has 1 aromatic carbocycles. The summed E-state index contributed by atoms with van der Waals surface area (Å²) in [5, 5.41) is 1.08. The van der Waals surface area contributed by atoms with Crippen LogP contribution in [0.1, 0.15) is 36.0 Å². The van der Waals surface area contributed by atoms with Crippen LogP contribution in [0.4, 0.5) is 0 Å². The molecule has 43 heavy (non-hydrogen) atoms. The number of aromatic nitrogens is 4. The maximum absolute atomic E-state index is 13.8. The second-order valence-corrected chi connectivity index (χ2v) is 12.8. The van der Waals surface area contributed by atoms with Crippen LogP contribution in [0.15, 0.2) is 49.2 Å². The normalized spacial score (nSPS) is 23.3. The van der Waals surface area contributed by atoms with Crippen molar-refractivity contribution in [3.63, 3.8) is 0 Å². The Morgan fingerprint density at radius 2 is 1.88 bits per heavy atom. The molecular weight excluding hydrogens is 542 g/mol. The number of fused-ring (bicyclic) bond motifs is 4. The molecule has 222 valence electrons. The molecule has 2 saturated carbocycles. The molecule has 10 nitrogen and oxygen atoms in total. The van der Waals surface area contributed by atoms with E-state index in [4.69, 9.17) is 20.4 Å². The van der Waals surface area contributed by atoms with Crippen molar-refractivity contribution in [3.05, 3.63) is 54.7 Å². The fourth-order valence-electron chi connectivity index (χ4n) is 7.60. The predicted molar refractivity (Wildman–Crippen MR) is 164 cm³/mol. The van der Waals surface area contributed by atoms with Crippen LogP contribution in [0, 0.1) is 17.8 Å². The van der Waals surface area contributed by atoms with Crippen molar-refractivity contribution in [1.29, 1.82) is 0 Å². The van der Waals surface area contributed by atoms with Crippen molar-refractivity contribution in [3.8, 4) is 17.3 Å². The summed E-state index contributed by atoms with van der Waals surface area (Å²) in [6, 6.07) is 10.2. The maximum atomic E-state index is 13.8. The van der Waals surface area contributed by atoms with Crippen LogP contribution in [-0.4, -0.2) is 79.5 Å². The zero-order valence-electron chi connectivity index (χ0n) is 24.5. The molecule has 2 amide bonds. The van der Waals surface area contributed by atoms with Gasteiger partial charge in [0.1, 0.15) is 16.9 Å². The fourth-order valence-corrected chi connectivity index (χ4v) is 7.60. The molecule has 10 heteroatoms. The molecule has 2 aliphatic heterocycles. The minimum absolute atomic E-state index is 0.0106. The van der Waals surface area contributed by atoms with E-state index in [-0.39, 0.29) is 29.8 Å². The van der Waals surface area contributed by atoms with Crippen LogP contribution in [0.5, 0.6) is 5.75 Å². The standard InChI is InChI=1S/C33H37N7O3/c1-3-28(41)37-14-20(15-37)17-40-30-24(11-23(13-27(30)43-2)33(42)39-18-22-8-9-25(39)29(22)34)36-32(40)26-12-21-5-4-10-35-31(21)38(26)16-19-6-7-19/h3-5,10-13,19-20,22,25,29H,1,6-9,14-18,34H2,2H3/t22?,25?,29-/m1/s1. The number of carbonyl (C=O) groups excluding carboxylic acids is 2. The minimum Gasteiger partial charge on any atom is -0.494 e. The van der Waals surface area contributed by atoms with Crippen molar-refractivity contribution in [1.82, 2.24) is 28.9 Å². The Hall–Kier alpha value is -4.18. The summed E-state index contributed by atoms with van der Waals surface area (Å²) in [5.74, 6) is 2.67. The summed E-state index contributed by atoms with van der Waals surface area (Å²) >= 11 is 0. The van der Waals surface area contributed by atoms with Gasteiger partial charge in [0, 0.05) is 67.9 Å². The first-order chi connectivity index (χ1) is 20.9. The highest BCUT2D eigenvalue weighted by Gasteiger charge is 2.47. The highest BCUT2D eigenvalue weighted by atomic mass is 16.5. The lowest BCUT2D eigenvalue weighted by Gasteiger charge is -2.39. The van der Waals surface area contributed by atoms with E-state index in [2.05, 4.69) is 27.8 Å². The first-order valence-corrected chi connectivity index (χ1v) is 15.4. The number of ether oxygens (including phenoxy) is 1. The number of hydrogen-bond donors (Lipinski definition) is 1. The first kappa shape index (κ1) is 26.4. The number of carbonyl (C=O) groups is 2. The summed E-state index contributed by atoms with van der Waals surface area (Å²) in [6.45, 7) is 7.23. The van der Waals surface area contributed by atoms with Gasteiger partial charge in [0.25, 0.3) is 5.91 Å². The Morgan fingerprint density at radius 3 is 2.58 bits per heavy atom. The Kier molecular flexibility index (Phi) is 6.11. The summed E-state index contributed by atoms with van der Waals surface area (Å²) in [7, 11) is 1.65. The third-order valence-electron chi connectivity index (χ3n) is 10.1. The lowest BCUT2D eigenvalue weighted by molar-refractivity contribution is -0.132. The Morgan fingerprint density at radius 1 is 1.07 bits per heavy atom. The minimum atomic E-state index is -0.0429. The van der Waals surface area contributed by atoms with E-state index in [1.807, 2.05) is 34.2 Å². The number of benzene rings is 1. The Labute approximate surface area is 250 Å². The van der Waals surface area contributed by atoms with Gasteiger partial charge in [-0.3, -0.25) is 9.59 Å². The zero-order valence-corrected chi connectivity index (χ0v) is 24.5. The second-order valence-electron chi connectivity index (χ2n) is 12.8. The number of piperidine rings is 1. The summed E-state index contributed by atoms with van der Waals surface area (Å²) in [4.78, 5) is 39.8. The van der Waals surface area contributed by atoms with Crippen LogP contribution in [-0.2, 0) is 17.9 Å². The highest BCUT2D eigenvalue weighted by Crippen LogP contribution is 2.41. The number of imidazole rings is 1. The Bertz CT molecular complexity index is 1780. The number of pyridine rings is 1. The van der Waals surface area contributed by atoms with Crippen molar-refractivity contribution < 1.29 is 14.3 Å². The third-order valence-corrected chi connectivity index (χ3v) is 10.1. The molecule has 4 aromatic rings. The van der Waals surface area contributed by atoms with E-state index in [0.717, 1.165) is 53.0 Å². The average Bonchev–Trinajstić information content (AvgIpc) is 3.36. The van der Waals surface area contributed by atoms with E-state index in [1.54, 1.807) is 7.11 Å². The molecule has 2 unspecified atom stereocenters. The van der Waals surface area contributed by atoms with Gasteiger partial charge in [0.15, 0.2) is 5.82 Å². The SMILES string of the molecule is C=CC(=O)N1CC(Cn2c(-c3cc4cccnc4n3CC3CC3)nc3cc(C(=O)N4CC5CCC4[C@@H]5N)cc(OC)c32)C1. The molecule has 4 aliphatic rings. The van der Waals surface area contributed by atoms with Crippen LogP contribution in [0.25, 0.3) is 33.6 Å². The molecular formula is C33H37N7O3. The molecule has 4 fully saturated rings. The quantitative estimate of drug-likeness (QED) is 0.319. The largest absolute Gasteiger partial charge is 0.494 e. The van der Waals surface area contributed by atoms with Crippen molar-refractivity contribution in [2.75, 3.05) is 26.7 Å². The molecule has 3 atom stereocenters. The number of amides is 2. The van der Waals surface area contributed by atoms with E-state index >= 15 is 0 Å². The number of nitrogens with two attached hydrogens (primary N) is 1. The van der Waals surface area contributed by atoms with Gasteiger partial charge in [0.2, 0.25) is 5.91 Å². The molecule has 2 aliphatic carbocycles. The van der Waals surface area contributed by atoms with E-state index < -0.39 is 0 Å². The van der Waals surface area contributed by atoms with Crippen molar-refractivity contribution in [2.45, 2.75) is 50.9 Å². The molecule has 2 saturated heterocycles. The number of hydrogen-bond acceptors (Lipinski definition) is 6. The average molecular weight is 580 g/mol. The van der Waals surface area contributed by atoms with Crippen LogP contribution < -0.4 is 10.5 Å². The van der Waals surface area contributed by atoms with Gasteiger partial charge < -0.3 is 29.4 Å². The predicted octanol–water partition coefficient (Wildman–Crippen LogP) is 3.68. The number of likely N-dealkylation sites (tertiary alicyclic amines) is 2. The zero-order chi connectivity index (χ0) is 29.4. The van der Waals surface area contributed by atoms with Gasteiger partial charge in [-0.25, -0.2) is 9.97 Å². The van der Waals surface area contributed by atoms with E-state index in [9.17, 15) is 9.59 Å². The van der Waals surface area contributed by atoms with Gasteiger partial charge in [-0.1, -0.05) is 6.58 Å². The lowest BCUT2D eigenvalue weighted by Crippen LogP contribution is -2.50. The molecule has 2 bridgehead atoms. The summed E-state index contributed by atoms with van der Waals surface area (Å²) in [5.41, 5.74) is 10.6. The smallest absolute Gasteiger partial charge is 0.254 e. The van der Waals surface area contributed by atoms with Crippen LogP contribution in [0.3, 0.4) is 0 Å². The molecule has 0 radical (unpaired) electrons.